The Morgan fingerprint density at radius 3 is 2.25 bits per heavy atom. The Hall–Kier alpha value is -0.340. The fraction of sp³-hybridized carbons (Fsp3) is 0.889. The van der Waals surface area contributed by atoms with Crippen LogP contribution in [0, 0.1) is 11.8 Å². The van der Waals surface area contributed by atoms with Crippen LogP contribution in [-0.4, -0.2) is 48.1 Å². The van der Waals surface area contributed by atoms with Gasteiger partial charge >= 0.3 is 0 Å². The molecule has 0 aromatic heterocycles. The van der Waals surface area contributed by atoms with Crippen LogP contribution in [0.2, 0.25) is 0 Å². The highest BCUT2D eigenvalue weighted by atomic mass is 15.2. The Labute approximate surface area is 126 Å². The Balaban J connectivity index is 1.74. The molecule has 2 rings (SSSR count). The molecular formula is C18H34N2. The molecule has 0 atom stereocenters. The molecule has 0 aromatic carbocycles. The zero-order valence-electron chi connectivity index (χ0n) is 14.3. The first-order chi connectivity index (χ1) is 9.36. The molecule has 2 nitrogen and oxygen atoms in total. The van der Waals surface area contributed by atoms with Crippen molar-refractivity contribution in [1.82, 2.24) is 9.80 Å². The SMILES string of the molecule is CC(C)C1=CCN(CC2CCN(C(C)(C)C)CC2)CC1. The van der Waals surface area contributed by atoms with Crippen LogP contribution in [-0.2, 0) is 0 Å². The number of piperidine rings is 1. The van der Waals surface area contributed by atoms with Crippen LogP contribution in [0.1, 0.15) is 53.9 Å². The highest BCUT2D eigenvalue weighted by Crippen LogP contribution is 2.26. The predicted octanol–water partition coefficient (Wildman–Crippen LogP) is 3.79. The zero-order chi connectivity index (χ0) is 14.8. The maximum atomic E-state index is 2.67. The summed E-state index contributed by atoms with van der Waals surface area (Å²) in [5.41, 5.74) is 2.02. The predicted molar refractivity (Wildman–Crippen MR) is 88.0 cm³/mol. The van der Waals surface area contributed by atoms with E-state index >= 15 is 0 Å². The van der Waals surface area contributed by atoms with Gasteiger partial charge in [-0.05, 0) is 65.0 Å². The molecule has 0 aromatic rings. The van der Waals surface area contributed by atoms with Crippen molar-refractivity contribution < 1.29 is 0 Å². The Bertz CT molecular complexity index is 330. The van der Waals surface area contributed by atoms with Gasteiger partial charge in [-0.3, -0.25) is 9.80 Å². The van der Waals surface area contributed by atoms with Crippen molar-refractivity contribution in [2.45, 2.75) is 59.4 Å². The van der Waals surface area contributed by atoms with E-state index in [1.807, 2.05) is 0 Å². The minimum absolute atomic E-state index is 0.352. The van der Waals surface area contributed by atoms with Crippen molar-refractivity contribution in [3.63, 3.8) is 0 Å². The number of hydrogen-bond donors (Lipinski definition) is 0. The van der Waals surface area contributed by atoms with Gasteiger partial charge in [-0.1, -0.05) is 25.5 Å². The molecule has 0 unspecified atom stereocenters. The fourth-order valence-electron chi connectivity index (χ4n) is 3.57. The van der Waals surface area contributed by atoms with Crippen molar-refractivity contribution in [2.75, 3.05) is 32.7 Å². The lowest BCUT2D eigenvalue weighted by Gasteiger charge is -2.42. The van der Waals surface area contributed by atoms with Crippen LogP contribution in [0.25, 0.3) is 0 Å². The first-order valence-corrected chi connectivity index (χ1v) is 8.52. The van der Waals surface area contributed by atoms with E-state index in [9.17, 15) is 0 Å². The molecule has 1 saturated heterocycles. The number of nitrogens with zero attached hydrogens (tertiary/aromatic N) is 2. The molecule has 0 saturated carbocycles. The molecule has 1 fully saturated rings. The molecular weight excluding hydrogens is 244 g/mol. The van der Waals surface area contributed by atoms with E-state index in [2.05, 4.69) is 50.5 Å². The van der Waals surface area contributed by atoms with Gasteiger partial charge in [0.1, 0.15) is 0 Å². The summed E-state index contributed by atoms with van der Waals surface area (Å²) in [5, 5.41) is 0. The summed E-state index contributed by atoms with van der Waals surface area (Å²) in [7, 11) is 0. The molecule has 20 heavy (non-hydrogen) atoms. The average Bonchev–Trinajstić information content (AvgIpc) is 2.39. The van der Waals surface area contributed by atoms with Crippen LogP contribution < -0.4 is 0 Å². The van der Waals surface area contributed by atoms with E-state index < -0.39 is 0 Å². The molecule has 0 radical (unpaired) electrons. The smallest absolute Gasteiger partial charge is 0.0166 e. The molecule has 2 heterocycles. The van der Waals surface area contributed by atoms with Crippen LogP contribution in [0.5, 0.6) is 0 Å². The van der Waals surface area contributed by atoms with E-state index in [1.165, 1.54) is 52.0 Å². The second-order valence-electron chi connectivity index (χ2n) is 8.04. The number of hydrogen-bond acceptors (Lipinski definition) is 2. The summed E-state index contributed by atoms with van der Waals surface area (Å²) in [4.78, 5) is 5.32. The van der Waals surface area contributed by atoms with Crippen molar-refractivity contribution in [3.8, 4) is 0 Å². The molecule has 2 aliphatic heterocycles. The van der Waals surface area contributed by atoms with Gasteiger partial charge in [-0.25, -0.2) is 0 Å². The third kappa shape index (κ3) is 4.33. The Morgan fingerprint density at radius 2 is 1.80 bits per heavy atom. The third-order valence-electron chi connectivity index (χ3n) is 5.15. The molecule has 0 amide bonds. The topological polar surface area (TPSA) is 6.48 Å². The molecule has 0 bridgehead atoms. The third-order valence-corrected chi connectivity index (χ3v) is 5.15. The fourth-order valence-corrected chi connectivity index (χ4v) is 3.57. The largest absolute Gasteiger partial charge is 0.299 e. The van der Waals surface area contributed by atoms with Gasteiger partial charge in [-0.15, -0.1) is 0 Å². The summed E-state index contributed by atoms with van der Waals surface area (Å²) in [6.07, 6.45) is 6.54. The van der Waals surface area contributed by atoms with Gasteiger partial charge in [0.25, 0.3) is 0 Å². The van der Waals surface area contributed by atoms with Gasteiger partial charge < -0.3 is 0 Å². The van der Waals surface area contributed by atoms with Crippen molar-refractivity contribution in [3.05, 3.63) is 11.6 Å². The first-order valence-electron chi connectivity index (χ1n) is 8.52. The summed E-state index contributed by atoms with van der Waals surface area (Å²) < 4.78 is 0. The lowest BCUT2D eigenvalue weighted by atomic mass is 9.91. The highest BCUT2D eigenvalue weighted by molar-refractivity contribution is 5.09. The van der Waals surface area contributed by atoms with Crippen molar-refractivity contribution in [1.29, 1.82) is 0 Å². The molecule has 0 spiro atoms. The van der Waals surface area contributed by atoms with Gasteiger partial charge in [0.05, 0.1) is 0 Å². The number of rotatable bonds is 3. The van der Waals surface area contributed by atoms with Crippen LogP contribution >= 0.6 is 0 Å². The number of likely N-dealkylation sites (tertiary alicyclic amines) is 1. The van der Waals surface area contributed by atoms with Crippen LogP contribution in [0.4, 0.5) is 0 Å². The normalized spacial score (nSPS) is 24.2. The Morgan fingerprint density at radius 1 is 1.15 bits per heavy atom. The van der Waals surface area contributed by atoms with Crippen LogP contribution in [0.15, 0.2) is 11.6 Å². The first kappa shape index (κ1) is 16.0. The minimum atomic E-state index is 0.352. The van der Waals surface area contributed by atoms with E-state index in [4.69, 9.17) is 0 Å². The second kappa shape index (κ2) is 6.62. The van der Waals surface area contributed by atoms with Gasteiger partial charge in [0.2, 0.25) is 0 Å². The highest BCUT2D eigenvalue weighted by Gasteiger charge is 2.28. The molecule has 0 aliphatic carbocycles. The van der Waals surface area contributed by atoms with Gasteiger partial charge in [0.15, 0.2) is 0 Å². The Kier molecular flexibility index (Phi) is 5.30. The van der Waals surface area contributed by atoms with Gasteiger partial charge in [-0.2, -0.15) is 0 Å². The monoisotopic (exact) mass is 278 g/mol. The van der Waals surface area contributed by atoms with Crippen LogP contribution in [0.3, 0.4) is 0 Å². The maximum Gasteiger partial charge on any atom is 0.0166 e. The quantitative estimate of drug-likeness (QED) is 0.725. The maximum absolute atomic E-state index is 2.67. The van der Waals surface area contributed by atoms with Crippen molar-refractivity contribution >= 4 is 0 Å². The lowest BCUT2D eigenvalue weighted by Crippen LogP contribution is -2.47. The average molecular weight is 278 g/mol. The standard InChI is InChI=1S/C18H34N2/c1-15(2)17-8-10-19(11-9-17)14-16-6-12-20(13-7-16)18(3,4)5/h8,15-16H,6-7,9-14H2,1-5H3. The zero-order valence-corrected chi connectivity index (χ0v) is 14.3. The van der Waals surface area contributed by atoms with E-state index in [-0.39, 0.29) is 0 Å². The lowest BCUT2D eigenvalue weighted by molar-refractivity contribution is 0.0753. The summed E-state index contributed by atoms with van der Waals surface area (Å²) in [5.74, 6) is 1.66. The van der Waals surface area contributed by atoms with E-state index in [0.29, 0.717) is 5.54 Å². The summed E-state index contributed by atoms with van der Waals surface area (Å²) in [6.45, 7) is 18.0. The van der Waals surface area contributed by atoms with E-state index in [1.54, 1.807) is 5.57 Å². The summed E-state index contributed by atoms with van der Waals surface area (Å²) in [6, 6.07) is 0. The molecule has 0 N–H and O–H groups in total. The summed E-state index contributed by atoms with van der Waals surface area (Å²) >= 11 is 0. The molecule has 2 aliphatic rings. The second-order valence-corrected chi connectivity index (χ2v) is 8.04. The minimum Gasteiger partial charge on any atom is -0.299 e. The molecule has 2 heteroatoms. The van der Waals surface area contributed by atoms with Crippen molar-refractivity contribution in [2.24, 2.45) is 11.8 Å². The molecule has 116 valence electrons. The van der Waals surface area contributed by atoms with Gasteiger partial charge in [0, 0.05) is 25.2 Å². The van der Waals surface area contributed by atoms with E-state index in [0.717, 1.165) is 11.8 Å².